The summed E-state index contributed by atoms with van der Waals surface area (Å²) in [7, 11) is 0. The molecule has 2 rings (SSSR count). The molecule has 0 aromatic carbocycles. The summed E-state index contributed by atoms with van der Waals surface area (Å²) in [5.74, 6) is 0.191. The summed E-state index contributed by atoms with van der Waals surface area (Å²) < 4.78 is 0. The van der Waals surface area contributed by atoms with Crippen molar-refractivity contribution in [1.29, 1.82) is 0 Å². The molecule has 0 aromatic rings. The second kappa shape index (κ2) is 2.66. The predicted molar refractivity (Wildman–Crippen MR) is 49.2 cm³/mol. The molecule has 2 saturated carbocycles. The van der Waals surface area contributed by atoms with Crippen LogP contribution in [0.25, 0.3) is 0 Å². The van der Waals surface area contributed by atoms with Gasteiger partial charge < -0.3 is 0 Å². The van der Waals surface area contributed by atoms with Gasteiger partial charge in [0, 0.05) is 11.3 Å². The van der Waals surface area contributed by atoms with Crippen LogP contribution in [0.15, 0.2) is 0 Å². The smallest absolute Gasteiger partial charge is 0.204 e. The van der Waals surface area contributed by atoms with Crippen LogP contribution in [-0.4, -0.2) is 11.6 Å². The van der Waals surface area contributed by atoms with E-state index in [2.05, 4.69) is 0 Å². The lowest BCUT2D eigenvalue weighted by atomic mass is 9.71. The topological polar surface area (TPSA) is 34.1 Å². The Balaban J connectivity index is 2.35. The fraction of sp³-hybridized carbons (Fsp3) is 0.818. The maximum atomic E-state index is 11.6. The fourth-order valence-electron chi connectivity index (χ4n) is 2.96. The van der Waals surface area contributed by atoms with Gasteiger partial charge in [-0.2, -0.15) is 0 Å². The monoisotopic (exact) mass is 180 g/mol. The molecule has 0 heterocycles. The van der Waals surface area contributed by atoms with Crippen LogP contribution in [0, 0.1) is 17.3 Å². The SMILES string of the molecule is CC1(C)C(=O)C(=O)C2CCCCC21. The second-order valence-corrected chi connectivity index (χ2v) is 4.91. The Hall–Kier alpha value is -0.660. The molecule has 0 saturated heterocycles. The molecule has 0 amide bonds. The number of carbonyl (C=O) groups excluding carboxylic acids is 2. The standard InChI is InChI=1S/C11H16O2/c1-11(2)8-6-4-3-5-7(8)9(12)10(11)13/h7-8H,3-6H2,1-2H3. The minimum Gasteiger partial charge on any atom is -0.291 e. The molecule has 2 aliphatic carbocycles. The highest BCUT2D eigenvalue weighted by Gasteiger charge is 2.54. The zero-order chi connectivity index (χ0) is 9.64. The quantitative estimate of drug-likeness (QED) is 0.534. The minimum absolute atomic E-state index is 0.0660. The summed E-state index contributed by atoms with van der Waals surface area (Å²) in [6.07, 6.45) is 4.31. The van der Waals surface area contributed by atoms with E-state index in [0.29, 0.717) is 5.92 Å². The molecule has 2 unspecified atom stereocenters. The number of carbonyl (C=O) groups is 2. The van der Waals surface area contributed by atoms with Crippen LogP contribution in [0.4, 0.5) is 0 Å². The van der Waals surface area contributed by atoms with Crippen LogP contribution >= 0.6 is 0 Å². The number of fused-ring (bicyclic) bond motifs is 1. The van der Waals surface area contributed by atoms with E-state index in [1.165, 1.54) is 6.42 Å². The van der Waals surface area contributed by atoms with Crippen LogP contribution in [-0.2, 0) is 9.59 Å². The highest BCUT2D eigenvalue weighted by molar-refractivity contribution is 6.42. The lowest BCUT2D eigenvalue weighted by Gasteiger charge is -2.31. The molecule has 2 heteroatoms. The van der Waals surface area contributed by atoms with Crippen molar-refractivity contribution in [2.24, 2.45) is 17.3 Å². The Labute approximate surface area is 78.7 Å². The number of hydrogen-bond donors (Lipinski definition) is 0. The Kier molecular flexibility index (Phi) is 1.83. The molecule has 72 valence electrons. The third kappa shape index (κ3) is 1.07. The molecular weight excluding hydrogens is 164 g/mol. The van der Waals surface area contributed by atoms with Gasteiger partial charge in [-0.25, -0.2) is 0 Å². The van der Waals surface area contributed by atoms with Gasteiger partial charge in [-0.3, -0.25) is 9.59 Å². The average molecular weight is 180 g/mol. The minimum atomic E-state index is -0.373. The van der Waals surface area contributed by atoms with Gasteiger partial charge in [-0.15, -0.1) is 0 Å². The van der Waals surface area contributed by atoms with Crippen molar-refractivity contribution in [2.45, 2.75) is 39.5 Å². The first-order chi connectivity index (χ1) is 6.05. The van der Waals surface area contributed by atoms with Crippen LogP contribution < -0.4 is 0 Å². The van der Waals surface area contributed by atoms with Crippen LogP contribution in [0.3, 0.4) is 0 Å². The first-order valence-electron chi connectivity index (χ1n) is 5.14. The van der Waals surface area contributed by atoms with E-state index >= 15 is 0 Å². The van der Waals surface area contributed by atoms with Crippen LogP contribution in [0.1, 0.15) is 39.5 Å². The lowest BCUT2D eigenvalue weighted by molar-refractivity contribution is -0.138. The molecule has 13 heavy (non-hydrogen) atoms. The van der Waals surface area contributed by atoms with Crippen molar-refractivity contribution in [1.82, 2.24) is 0 Å². The van der Waals surface area contributed by atoms with Crippen LogP contribution in [0.5, 0.6) is 0 Å². The summed E-state index contributed by atoms with van der Waals surface area (Å²) in [6.45, 7) is 3.87. The van der Waals surface area contributed by atoms with Gasteiger partial charge in [0.2, 0.25) is 11.6 Å². The largest absolute Gasteiger partial charge is 0.291 e. The molecule has 2 atom stereocenters. The van der Waals surface area contributed by atoms with Gasteiger partial charge in [0.05, 0.1) is 0 Å². The highest BCUT2D eigenvalue weighted by Crippen LogP contribution is 2.48. The van der Waals surface area contributed by atoms with E-state index < -0.39 is 0 Å². The molecule has 0 N–H and O–H groups in total. The normalized spacial score (nSPS) is 37.7. The molecular formula is C11H16O2. The number of rotatable bonds is 0. The highest BCUT2D eigenvalue weighted by atomic mass is 16.2. The Bertz CT molecular complexity index is 265. The van der Waals surface area contributed by atoms with Gasteiger partial charge in [0.25, 0.3) is 0 Å². The summed E-state index contributed by atoms with van der Waals surface area (Å²) in [4.78, 5) is 23.2. The molecule has 0 aromatic heterocycles. The van der Waals surface area contributed by atoms with Crippen molar-refractivity contribution in [3.05, 3.63) is 0 Å². The van der Waals surface area contributed by atoms with Crippen molar-refractivity contribution in [3.63, 3.8) is 0 Å². The van der Waals surface area contributed by atoms with E-state index in [1.54, 1.807) is 0 Å². The molecule has 0 bridgehead atoms. The van der Waals surface area contributed by atoms with Crippen molar-refractivity contribution < 1.29 is 9.59 Å². The maximum Gasteiger partial charge on any atom is 0.204 e. The molecule has 0 aliphatic heterocycles. The summed E-state index contributed by atoms with van der Waals surface area (Å²) >= 11 is 0. The Morgan fingerprint density at radius 2 is 1.77 bits per heavy atom. The molecule has 2 nitrogen and oxygen atoms in total. The first kappa shape index (κ1) is 8.92. The third-order valence-electron chi connectivity index (χ3n) is 3.84. The summed E-state index contributed by atoms with van der Waals surface area (Å²) in [6, 6.07) is 0. The van der Waals surface area contributed by atoms with E-state index in [9.17, 15) is 9.59 Å². The Morgan fingerprint density at radius 3 is 2.38 bits per heavy atom. The molecule has 0 radical (unpaired) electrons. The van der Waals surface area contributed by atoms with Crippen LogP contribution in [0.2, 0.25) is 0 Å². The van der Waals surface area contributed by atoms with Crippen molar-refractivity contribution in [3.8, 4) is 0 Å². The maximum absolute atomic E-state index is 11.6. The average Bonchev–Trinajstić information content (AvgIpc) is 2.30. The van der Waals surface area contributed by atoms with Crippen molar-refractivity contribution >= 4 is 11.6 Å². The van der Waals surface area contributed by atoms with Gasteiger partial charge in [-0.05, 0) is 18.8 Å². The molecule has 0 spiro atoms. The number of hydrogen-bond acceptors (Lipinski definition) is 2. The van der Waals surface area contributed by atoms with Gasteiger partial charge in [0.1, 0.15) is 0 Å². The second-order valence-electron chi connectivity index (χ2n) is 4.91. The summed E-state index contributed by atoms with van der Waals surface area (Å²) in [5.41, 5.74) is -0.373. The predicted octanol–water partition coefficient (Wildman–Crippen LogP) is 1.97. The van der Waals surface area contributed by atoms with Gasteiger partial charge >= 0.3 is 0 Å². The van der Waals surface area contributed by atoms with E-state index in [4.69, 9.17) is 0 Å². The van der Waals surface area contributed by atoms with E-state index in [1.807, 2.05) is 13.8 Å². The fourth-order valence-corrected chi connectivity index (χ4v) is 2.96. The zero-order valence-electron chi connectivity index (χ0n) is 8.30. The van der Waals surface area contributed by atoms with Gasteiger partial charge in [-0.1, -0.05) is 26.7 Å². The Morgan fingerprint density at radius 1 is 1.15 bits per heavy atom. The van der Waals surface area contributed by atoms with Crippen molar-refractivity contribution in [2.75, 3.05) is 0 Å². The number of Topliss-reactive ketones (excluding diaryl/α,β-unsaturated/α-hetero) is 2. The first-order valence-corrected chi connectivity index (χ1v) is 5.14. The number of ketones is 2. The lowest BCUT2D eigenvalue weighted by Crippen LogP contribution is -2.28. The van der Waals surface area contributed by atoms with Gasteiger partial charge in [0.15, 0.2) is 0 Å². The molecule has 2 fully saturated rings. The van der Waals surface area contributed by atoms with E-state index in [-0.39, 0.29) is 22.9 Å². The molecule has 2 aliphatic rings. The zero-order valence-corrected chi connectivity index (χ0v) is 8.30. The third-order valence-corrected chi connectivity index (χ3v) is 3.84. The van der Waals surface area contributed by atoms with E-state index in [0.717, 1.165) is 19.3 Å². The summed E-state index contributed by atoms with van der Waals surface area (Å²) in [5, 5.41) is 0.